The highest BCUT2D eigenvalue weighted by atomic mass is 35.5. The van der Waals surface area contributed by atoms with Crippen molar-refractivity contribution in [3.8, 4) is 17.2 Å². The first-order valence-electron chi connectivity index (χ1n) is 15.3. The lowest BCUT2D eigenvalue weighted by Crippen LogP contribution is -2.58. The van der Waals surface area contributed by atoms with E-state index < -0.39 is 11.6 Å². The van der Waals surface area contributed by atoms with Crippen LogP contribution >= 0.6 is 22.9 Å². The number of halogens is 3. The second kappa shape index (κ2) is 11.1. The van der Waals surface area contributed by atoms with Crippen molar-refractivity contribution in [1.29, 1.82) is 5.26 Å². The van der Waals surface area contributed by atoms with Crippen molar-refractivity contribution in [2.45, 2.75) is 49.7 Å². The topological polar surface area (TPSA) is 133 Å². The molecule has 2 aromatic carbocycles. The van der Waals surface area contributed by atoms with Crippen LogP contribution < -0.4 is 10.6 Å². The van der Waals surface area contributed by atoms with E-state index in [9.17, 15) is 14.4 Å². The molecule has 2 bridgehead atoms. The van der Waals surface area contributed by atoms with Gasteiger partial charge >= 0.3 is 6.03 Å². The van der Waals surface area contributed by atoms with Crippen LogP contribution in [-0.2, 0) is 0 Å². The summed E-state index contributed by atoms with van der Waals surface area (Å²) in [5, 5.41) is 14.1. The van der Waals surface area contributed by atoms with E-state index >= 15 is 4.39 Å². The summed E-state index contributed by atoms with van der Waals surface area (Å²) in [5.74, 6) is -0.778. The van der Waals surface area contributed by atoms with Gasteiger partial charge in [0.05, 0.1) is 38.9 Å². The largest absolute Gasteiger partial charge is 0.375 e. The lowest BCUT2D eigenvalue weighted by atomic mass is 9.86. The summed E-state index contributed by atoms with van der Waals surface area (Å²) in [5.41, 5.74) is 7.72. The fourth-order valence-corrected chi connectivity index (χ4v) is 8.42. The summed E-state index contributed by atoms with van der Waals surface area (Å²) in [4.78, 5) is 33.7. The zero-order chi connectivity index (χ0) is 32.7. The number of nitrogens with zero attached hydrogens (tertiary/aromatic N) is 9. The van der Waals surface area contributed by atoms with Crippen molar-refractivity contribution in [3.05, 3.63) is 58.5 Å². The highest BCUT2D eigenvalue weighted by Gasteiger charge is 2.45. The lowest BCUT2D eigenvalue weighted by molar-refractivity contribution is 0.136. The molecule has 3 aromatic heterocycles. The molecular formula is C32H29ClF2N10OS. The number of nitriles is 1. The Hall–Kier alpha value is -4.45. The van der Waals surface area contributed by atoms with Crippen LogP contribution in [0.25, 0.3) is 32.2 Å². The number of carbonyl (C=O) groups excluding carboxylic acids is 1. The van der Waals surface area contributed by atoms with Gasteiger partial charge in [-0.05, 0) is 58.0 Å². The number of anilines is 2. The van der Waals surface area contributed by atoms with Gasteiger partial charge in [-0.25, -0.2) is 28.5 Å². The first-order valence-corrected chi connectivity index (χ1v) is 16.5. The van der Waals surface area contributed by atoms with Crippen LogP contribution in [0.15, 0.2) is 30.6 Å². The molecule has 3 fully saturated rings. The van der Waals surface area contributed by atoms with Gasteiger partial charge in [0.1, 0.15) is 17.4 Å². The monoisotopic (exact) mass is 674 g/mol. The van der Waals surface area contributed by atoms with Gasteiger partial charge in [-0.1, -0.05) is 22.9 Å². The molecule has 240 valence electrons. The van der Waals surface area contributed by atoms with Crippen LogP contribution in [0.5, 0.6) is 0 Å². The van der Waals surface area contributed by atoms with Crippen LogP contribution in [0, 0.1) is 23.0 Å². The Kier molecular flexibility index (Phi) is 7.05. The van der Waals surface area contributed by atoms with Gasteiger partial charge in [-0.2, -0.15) is 15.0 Å². The fraction of sp³-hybridized carbons (Fsp3) is 0.375. The Morgan fingerprint density at radius 2 is 1.87 bits per heavy atom. The molecule has 47 heavy (non-hydrogen) atoms. The normalized spacial score (nSPS) is 21.2. The molecule has 3 aliphatic heterocycles. The van der Waals surface area contributed by atoms with E-state index in [0.717, 1.165) is 24.2 Å². The molecule has 8 rings (SSSR count). The number of likely N-dealkylation sites (N-methyl/N-ethyl adjacent to an activating group) is 1. The standard InChI is InChI=1S/C32H29ClF2N10OS/c1-42(2)19-13-43(14-19)31-40-26(16-7-17-3-4-18(8-16)45(17)32(46)44-12-15(10-36)11-38-44)21-9-22(33)24(25(35)27(21)41-31)20-5-6-23(34)29-28(20)39-30(37)47-29/h5-6,9,11-12,16-19H,3-4,7-8,13-14H2,1-2H3,(H2,37,39). The summed E-state index contributed by atoms with van der Waals surface area (Å²) in [7, 11) is 4.04. The number of hydrogen-bond donors (Lipinski definition) is 1. The quantitative estimate of drug-likeness (QED) is 0.258. The van der Waals surface area contributed by atoms with Gasteiger partial charge in [0.15, 0.2) is 10.9 Å². The van der Waals surface area contributed by atoms with Gasteiger partial charge < -0.3 is 20.4 Å². The second-order valence-electron chi connectivity index (χ2n) is 12.7. The van der Waals surface area contributed by atoms with Gasteiger partial charge in [-0.3, -0.25) is 0 Å². The maximum Gasteiger partial charge on any atom is 0.345 e. The summed E-state index contributed by atoms with van der Waals surface area (Å²) in [6.07, 6.45) is 5.72. The van der Waals surface area contributed by atoms with Crippen LogP contribution in [0.1, 0.15) is 42.9 Å². The maximum absolute atomic E-state index is 16.9. The zero-order valence-corrected chi connectivity index (χ0v) is 27.1. The molecule has 1 amide bonds. The lowest BCUT2D eigenvalue weighted by Gasteiger charge is -2.43. The molecule has 2 atom stereocenters. The molecule has 2 unspecified atom stereocenters. The van der Waals surface area contributed by atoms with Gasteiger partial charge in [-0.15, -0.1) is 0 Å². The number of amides is 1. The minimum Gasteiger partial charge on any atom is -0.375 e. The predicted molar refractivity (Wildman–Crippen MR) is 176 cm³/mol. The first kappa shape index (κ1) is 29.9. The number of piperidine rings is 1. The number of nitrogen functional groups attached to an aromatic ring is 1. The number of benzene rings is 2. The smallest absolute Gasteiger partial charge is 0.345 e. The SMILES string of the molecule is CN(C)C1CN(c2nc(C3CC4CCC(C3)N4C(=O)n3cc(C#N)cn3)c3cc(Cl)c(-c4ccc(F)c5sc(N)nc45)c(F)c3n2)C1. The van der Waals surface area contributed by atoms with E-state index in [1.807, 2.05) is 30.0 Å². The fourth-order valence-electron chi connectivity index (χ4n) is 7.36. The summed E-state index contributed by atoms with van der Waals surface area (Å²) < 4.78 is 33.0. The molecule has 3 saturated heterocycles. The van der Waals surface area contributed by atoms with E-state index in [-0.39, 0.29) is 55.5 Å². The third kappa shape index (κ3) is 4.78. The average Bonchev–Trinajstić information content (AvgIpc) is 3.73. The summed E-state index contributed by atoms with van der Waals surface area (Å²) in [6, 6.07) is 6.37. The van der Waals surface area contributed by atoms with Crippen LogP contribution in [0.2, 0.25) is 5.02 Å². The molecule has 0 aliphatic carbocycles. The maximum atomic E-state index is 16.9. The highest BCUT2D eigenvalue weighted by molar-refractivity contribution is 7.22. The predicted octanol–water partition coefficient (Wildman–Crippen LogP) is 5.62. The minimum atomic E-state index is -0.635. The van der Waals surface area contributed by atoms with Crippen LogP contribution in [0.4, 0.5) is 24.7 Å². The van der Waals surface area contributed by atoms with Crippen molar-refractivity contribution in [2.24, 2.45) is 0 Å². The van der Waals surface area contributed by atoms with E-state index in [0.29, 0.717) is 60.1 Å². The van der Waals surface area contributed by atoms with E-state index in [1.54, 1.807) is 6.07 Å². The number of carbonyl (C=O) groups is 1. The molecule has 2 N–H and O–H groups in total. The van der Waals surface area contributed by atoms with Gasteiger partial charge in [0, 0.05) is 53.6 Å². The number of fused-ring (bicyclic) bond motifs is 4. The van der Waals surface area contributed by atoms with Gasteiger partial charge in [0.25, 0.3) is 0 Å². The Morgan fingerprint density at radius 3 is 2.55 bits per heavy atom. The molecule has 0 saturated carbocycles. The molecule has 0 spiro atoms. The summed E-state index contributed by atoms with van der Waals surface area (Å²) >= 11 is 7.86. The third-order valence-electron chi connectivity index (χ3n) is 9.81. The van der Waals surface area contributed by atoms with Crippen molar-refractivity contribution in [2.75, 3.05) is 37.8 Å². The molecule has 5 aromatic rings. The zero-order valence-electron chi connectivity index (χ0n) is 25.5. The second-order valence-corrected chi connectivity index (χ2v) is 14.2. The molecular weight excluding hydrogens is 646 g/mol. The minimum absolute atomic E-state index is 0.0706. The number of hydrogen-bond acceptors (Lipinski definition) is 10. The average molecular weight is 675 g/mol. The molecule has 15 heteroatoms. The Bertz CT molecular complexity index is 2120. The Balaban J connectivity index is 1.23. The van der Waals surface area contributed by atoms with E-state index in [4.69, 9.17) is 27.3 Å². The molecule has 0 radical (unpaired) electrons. The van der Waals surface area contributed by atoms with Crippen molar-refractivity contribution in [3.63, 3.8) is 0 Å². The Labute approximate surface area is 277 Å². The molecule has 6 heterocycles. The highest BCUT2D eigenvalue weighted by Crippen LogP contribution is 2.47. The third-order valence-corrected chi connectivity index (χ3v) is 11.0. The van der Waals surface area contributed by atoms with Crippen molar-refractivity contribution in [1.82, 2.24) is 34.5 Å². The van der Waals surface area contributed by atoms with Crippen molar-refractivity contribution >= 4 is 61.2 Å². The number of rotatable bonds is 4. The van der Waals surface area contributed by atoms with Crippen molar-refractivity contribution < 1.29 is 13.6 Å². The summed E-state index contributed by atoms with van der Waals surface area (Å²) in [6.45, 7) is 1.40. The Morgan fingerprint density at radius 1 is 1.13 bits per heavy atom. The number of thiazole rings is 1. The van der Waals surface area contributed by atoms with Gasteiger partial charge in [0.2, 0.25) is 5.95 Å². The van der Waals surface area contributed by atoms with E-state index in [1.165, 1.54) is 29.2 Å². The number of nitrogens with two attached hydrogens (primary N) is 1. The molecule has 11 nitrogen and oxygen atoms in total. The number of aromatic nitrogens is 5. The van der Waals surface area contributed by atoms with Crippen LogP contribution in [-0.4, -0.2) is 85.9 Å². The molecule has 3 aliphatic rings. The van der Waals surface area contributed by atoms with E-state index in [2.05, 4.69) is 15.0 Å². The van der Waals surface area contributed by atoms with Crippen LogP contribution in [0.3, 0.4) is 0 Å². The first-order chi connectivity index (χ1) is 22.6.